The van der Waals surface area contributed by atoms with E-state index in [1.165, 1.54) is 12.1 Å². The molecular formula is C13H17N3O4S. The Morgan fingerprint density at radius 1 is 1.29 bits per heavy atom. The first-order valence-electron chi connectivity index (χ1n) is 6.50. The number of hydrogen-bond donors (Lipinski definition) is 3. The van der Waals surface area contributed by atoms with E-state index in [4.69, 9.17) is 5.14 Å². The van der Waals surface area contributed by atoms with Crippen molar-refractivity contribution in [1.82, 2.24) is 10.6 Å². The summed E-state index contributed by atoms with van der Waals surface area (Å²) in [6.07, 6.45) is 0.755. The van der Waals surface area contributed by atoms with Gasteiger partial charge in [-0.2, -0.15) is 0 Å². The lowest BCUT2D eigenvalue weighted by Gasteiger charge is -2.25. The number of piperidine rings is 1. The number of benzene rings is 1. The van der Waals surface area contributed by atoms with E-state index in [9.17, 15) is 18.0 Å². The van der Waals surface area contributed by atoms with Gasteiger partial charge in [0.2, 0.25) is 21.8 Å². The van der Waals surface area contributed by atoms with Crippen molar-refractivity contribution in [3.63, 3.8) is 0 Å². The second kappa shape index (κ2) is 5.92. The van der Waals surface area contributed by atoms with Gasteiger partial charge < -0.3 is 0 Å². The molecule has 0 spiro atoms. The molecule has 2 unspecified atom stereocenters. The minimum atomic E-state index is -3.71. The van der Waals surface area contributed by atoms with Crippen LogP contribution >= 0.6 is 0 Å². The number of sulfonamides is 1. The van der Waals surface area contributed by atoms with Gasteiger partial charge >= 0.3 is 0 Å². The summed E-state index contributed by atoms with van der Waals surface area (Å²) >= 11 is 0. The van der Waals surface area contributed by atoms with Crippen LogP contribution in [0.4, 0.5) is 0 Å². The van der Waals surface area contributed by atoms with E-state index in [2.05, 4.69) is 10.6 Å². The Kier molecular flexibility index (Phi) is 4.40. The van der Waals surface area contributed by atoms with Gasteiger partial charge in [0, 0.05) is 12.5 Å². The first-order valence-corrected chi connectivity index (χ1v) is 8.04. The number of nitrogens with one attached hydrogen (secondary N) is 2. The van der Waals surface area contributed by atoms with Gasteiger partial charge in [0.05, 0.1) is 10.9 Å². The molecule has 1 fully saturated rings. The molecule has 4 N–H and O–H groups in total. The lowest BCUT2D eigenvalue weighted by molar-refractivity contribution is -0.134. The molecule has 21 heavy (non-hydrogen) atoms. The highest BCUT2D eigenvalue weighted by atomic mass is 32.2. The zero-order valence-corrected chi connectivity index (χ0v) is 12.3. The van der Waals surface area contributed by atoms with E-state index < -0.39 is 16.1 Å². The van der Waals surface area contributed by atoms with Crippen LogP contribution in [-0.4, -0.2) is 26.3 Å². The minimum Gasteiger partial charge on any atom is -0.299 e. The average molecular weight is 311 g/mol. The van der Waals surface area contributed by atoms with Crippen LogP contribution < -0.4 is 15.8 Å². The van der Waals surface area contributed by atoms with Gasteiger partial charge in [-0.3, -0.25) is 20.2 Å². The third kappa shape index (κ3) is 3.87. The largest absolute Gasteiger partial charge is 0.299 e. The molecule has 1 aromatic rings. The number of carbonyl (C=O) groups excluding carboxylic acids is 2. The molecule has 2 amide bonds. The van der Waals surface area contributed by atoms with E-state index in [-0.39, 0.29) is 22.8 Å². The lowest BCUT2D eigenvalue weighted by Crippen LogP contribution is -2.51. The fourth-order valence-electron chi connectivity index (χ4n) is 2.20. The van der Waals surface area contributed by atoms with E-state index in [1.807, 2.05) is 6.92 Å². The summed E-state index contributed by atoms with van der Waals surface area (Å²) in [4.78, 5) is 22.8. The van der Waals surface area contributed by atoms with Crippen LogP contribution in [0.2, 0.25) is 0 Å². The highest BCUT2D eigenvalue weighted by molar-refractivity contribution is 7.89. The Hall–Kier alpha value is -1.77. The Bertz CT molecular complexity index is 654. The van der Waals surface area contributed by atoms with Crippen molar-refractivity contribution in [2.45, 2.75) is 36.7 Å². The second-order valence-corrected chi connectivity index (χ2v) is 6.57. The second-order valence-electron chi connectivity index (χ2n) is 5.01. The summed E-state index contributed by atoms with van der Waals surface area (Å²) in [6, 6.07) is 5.53. The zero-order chi connectivity index (χ0) is 15.6. The molecule has 0 aliphatic carbocycles. The number of rotatable bonds is 4. The van der Waals surface area contributed by atoms with Crippen LogP contribution in [0.3, 0.4) is 0 Å². The van der Waals surface area contributed by atoms with E-state index in [0.29, 0.717) is 12.8 Å². The third-order valence-electron chi connectivity index (χ3n) is 3.40. The fourth-order valence-corrected chi connectivity index (χ4v) is 2.71. The lowest BCUT2D eigenvalue weighted by atomic mass is 10.0. The highest BCUT2D eigenvalue weighted by Crippen LogP contribution is 2.17. The van der Waals surface area contributed by atoms with Crippen LogP contribution in [0.15, 0.2) is 29.2 Å². The molecule has 2 atom stereocenters. The van der Waals surface area contributed by atoms with Gasteiger partial charge in [0.25, 0.3) is 0 Å². The first-order chi connectivity index (χ1) is 9.77. The van der Waals surface area contributed by atoms with Crippen molar-refractivity contribution in [1.29, 1.82) is 0 Å². The van der Waals surface area contributed by atoms with E-state index in [1.54, 1.807) is 12.1 Å². The number of carbonyl (C=O) groups is 2. The first kappa shape index (κ1) is 15.6. The summed E-state index contributed by atoms with van der Waals surface area (Å²) < 4.78 is 22.4. The van der Waals surface area contributed by atoms with E-state index >= 15 is 0 Å². The van der Waals surface area contributed by atoms with Gasteiger partial charge in [-0.15, -0.1) is 0 Å². The SMILES string of the molecule is CC(NC1CCC(=O)NC1=O)c1ccc(S(N)(=O)=O)cc1. The quantitative estimate of drug-likeness (QED) is 0.665. The molecule has 0 saturated carbocycles. The van der Waals surface area contributed by atoms with Crippen molar-refractivity contribution >= 4 is 21.8 Å². The van der Waals surface area contributed by atoms with Gasteiger partial charge in [-0.1, -0.05) is 12.1 Å². The normalized spacial score (nSPS) is 21.0. The maximum atomic E-state index is 11.7. The summed E-state index contributed by atoms with van der Waals surface area (Å²) in [6.45, 7) is 1.86. The molecule has 0 aromatic heterocycles. The molecule has 7 nitrogen and oxygen atoms in total. The number of amides is 2. The summed E-state index contributed by atoms with van der Waals surface area (Å²) in [7, 11) is -3.71. The van der Waals surface area contributed by atoms with Crippen molar-refractivity contribution in [2.75, 3.05) is 0 Å². The van der Waals surface area contributed by atoms with Crippen LogP contribution in [0.1, 0.15) is 31.4 Å². The van der Waals surface area contributed by atoms with Crippen molar-refractivity contribution in [3.8, 4) is 0 Å². The fraction of sp³-hybridized carbons (Fsp3) is 0.385. The van der Waals surface area contributed by atoms with Gasteiger partial charge in [0.15, 0.2) is 0 Å². The standard InChI is InChI=1S/C13H17N3O4S/c1-8(15-11-6-7-12(17)16-13(11)18)9-2-4-10(5-3-9)21(14,19)20/h2-5,8,11,15H,6-7H2,1H3,(H2,14,19,20)(H,16,17,18). The Morgan fingerprint density at radius 3 is 2.43 bits per heavy atom. The number of primary sulfonamides is 1. The Morgan fingerprint density at radius 2 is 1.90 bits per heavy atom. The molecule has 1 aliphatic rings. The maximum Gasteiger partial charge on any atom is 0.243 e. The monoisotopic (exact) mass is 311 g/mol. The van der Waals surface area contributed by atoms with Crippen molar-refractivity contribution in [3.05, 3.63) is 29.8 Å². The predicted molar refractivity (Wildman–Crippen MR) is 75.5 cm³/mol. The molecule has 1 aliphatic heterocycles. The number of hydrogen-bond acceptors (Lipinski definition) is 5. The summed E-state index contributed by atoms with van der Waals surface area (Å²) in [5.74, 6) is -0.595. The Labute approximate surface area is 123 Å². The van der Waals surface area contributed by atoms with Crippen LogP contribution in [0.5, 0.6) is 0 Å². The van der Waals surface area contributed by atoms with Crippen molar-refractivity contribution < 1.29 is 18.0 Å². The third-order valence-corrected chi connectivity index (χ3v) is 4.33. The van der Waals surface area contributed by atoms with Crippen LogP contribution in [0.25, 0.3) is 0 Å². The number of imide groups is 1. The molecule has 1 aromatic carbocycles. The molecule has 114 valence electrons. The molecule has 8 heteroatoms. The molecule has 2 rings (SSSR count). The average Bonchev–Trinajstić information content (AvgIpc) is 2.41. The molecule has 1 saturated heterocycles. The van der Waals surface area contributed by atoms with Gasteiger partial charge in [-0.25, -0.2) is 13.6 Å². The molecule has 0 bridgehead atoms. The summed E-state index contributed by atoms with van der Waals surface area (Å²) in [5, 5.41) is 10.4. The maximum absolute atomic E-state index is 11.7. The zero-order valence-electron chi connectivity index (χ0n) is 11.5. The van der Waals surface area contributed by atoms with Crippen LogP contribution in [0, 0.1) is 0 Å². The van der Waals surface area contributed by atoms with E-state index in [0.717, 1.165) is 5.56 Å². The molecular weight excluding hydrogens is 294 g/mol. The number of nitrogens with two attached hydrogens (primary N) is 1. The molecule has 0 radical (unpaired) electrons. The topological polar surface area (TPSA) is 118 Å². The smallest absolute Gasteiger partial charge is 0.243 e. The Balaban J connectivity index is 2.05. The highest BCUT2D eigenvalue weighted by Gasteiger charge is 2.27. The van der Waals surface area contributed by atoms with Crippen LogP contribution in [-0.2, 0) is 19.6 Å². The van der Waals surface area contributed by atoms with Gasteiger partial charge in [0.1, 0.15) is 0 Å². The summed E-state index contributed by atoms with van der Waals surface area (Å²) in [5.41, 5.74) is 0.826. The van der Waals surface area contributed by atoms with Gasteiger partial charge in [-0.05, 0) is 31.0 Å². The molecule has 1 heterocycles. The van der Waals surface area contributed by atoms with Crippen molar-refractivity contribution in [2.24, 2.45) is 5.14 Å². The predicted octanol–water partition coefficient (Wildman–Crippen LogP) is -0.210. The minimum absolute atomic E-state index is 0.0412.